The van der Waals surface area contributed by atoms with Gasteiger partial charge in [0.05, 0.1) is 15.6 Å². The lowest BCUT2D eigenvalue weighted by atomic mass is 10.2. The molecule has 1 amide bonds. The summed E-state index contributed by atoms with van der Waals surface area (Å²) in [5.74, 6) is -0.273. The first-order valence-electron chi connectivity index (χ1n) is 3.33. The maximum absolute atomic E-state index is 11.2. The second kappa shape index (κ2) is 5.10. The molecule has 0 fully saturated rings. The molecule has 0 radical (unpaired) electrons. The van der Waals surface area contributed by atoms with Crippen molar-refractivity contribution >= 4 is 29.1 Å². The Morgan fingerprint density at radius 2 is 1.77 bits per heavy atom. The SMILES string of the molecule is C.CNC(=O)c1c(Cl)cccc1Cl. The zero-order valence-electron chi connectivity index (χ0n) is 6.40. The third kappa shape index (κ3) is 2.61. The average molecular weight is 220 g/mol. The van der Waals surface area contributed by atoms with E-state index in [9.17, 15) is 4.79 Å². The predicted molar refractivity (Wildman–Crippen MR) is 56.6 cm³/mol. The normalized spacial score (nSPS) is 8.85. The van der Waals surface area contributed by atoms with Gasteiger partial charge in [-0.3, -0.25) is 4.79 Å². The Hall–Kier alpha value is -0.730. The first-order valence-corrected chi connectivity index (χ1v) is 4.08. The standard InChI is InChI=1S/C8H7Cl2NO.CH4/c1-11-8(12)7-5(9)3-2-4-6(7)10;/h2-4H,1H3,(H,11,12);1H4. The van der Waals surface area contributed by atoms with E-state index in [1.807, 2.05) is 0 Å². The third-order valence-electron chi connectivity index (χ3n) is 1.42. The number of benzene rings is 1. The smallest absolute Gasteiger partial charge is 0.254 e. The molecule has 0 unspecified atom stereocenters. The highest BCUT2D eigenvalue weighted by molar-refractivity contribution is 6.39. The lowest BCUT2D eigenvalue weighted by molar-refractivity contribution is 0.0963. The van der Waals surface area contributed by atoms with Crippen LogP contribution >= 0.6 is 23.2 Å². The summed E-state index contributed by atoms with van der Waals surface area (Å²) in [6, 6.07) is 4.94. The van der Waals surface area contributed by atoms with Gasteiger partial charge in [0.1, 0.15) is 0 Å². The van der Waals surface area contributed by atoms with Crippen LogP contribution in [0.15, 0.2) is 18.2 Å². The number of hydrogen-bond donors (Lipinski definition) is 1. The van der Waals surface area contributed by atoms with Crippen LogP contribution in [-0.4, -0.2) is 13.0 Å². The van der Waals surface area contributed by atoms with Crippen LogP contribution in [0, 0.1) is 0 Å². The van der Waals surface area contributed by atoms with Crippen molar-refractivity contribution in [3.8, 4) is 0 Å². The quantitative estimate of drug-likeness (QED) is 0.774. The number of carbonyl (C=O) groups excluding carboxylic acids is 1. The number of halogens is 2. The molecule has 2 nitrogen and oxygen atoms in total. The Morgan fingerprint density at radius 3 is 2.15 bits per heavy atom. The van der Waals surface area contributed by atoms with Gasteiger partial charge in [-0.1, -0.05) is 36.7 Å². The lowest BCUT2D eigenvalue weighted by Gasteiger charge is -2.03. The minimum atomic E-state index is -0.273. The molecule has 0 aliphatic carbocycles. The van der Waals surface area contributed by atoms with Crippen molar-refractivity contribution in [3.05, 3.63) is 33.8 Å². The van der Waals surface area contributed by atoms with E-state index in [0.29, 0.717) is 15.6 Å². The van der Waals surface area contributed by atoms with Crippen molar-refractivity contribution in [2.45, 2.75) is 7.43 Å². The lowest BCUT2D eigenvalue weighted by Crippen LogP contribution is -2.18. The van der Waals surface area contributed by atoms with Crippen LogP contribution in [0.25, 0.3) is 0 Å². The fraction of sp³-hybridized carbons (Fsp3) is 0.222. The van der Waals surface area contributed by atoms with Gasteiger partial charge in [-0.05, 0) is 12.1 Å². The van der Waals surface area contributed by atoms with E-state index in [0.717, 1.165) is 0 Å². The highest BCUT2D eigenvalue weighted by Gasteiger charge is 2.11. The Balaban J connectivity index is 0.00000144. The van der Waals surface area contributed by atoms with E-state index in [2.05, 4.69) is 5.32 Å². The van der Waals surface area contributed by atoms with Crippen LogP contribution in [0.5, 0.6) is 0 Å². The fourth-order valence-corrected chi connectivity index (χ4v) is 1.41. The molecule has 0 bridgehead atoms. The number of amides is 1. The van der Waals surface area contributed by atoms with E-state index in [1.54, 1.807) is 18.2 Å². The summed E-state index contributed by atoms with van der Waals surface area (Å²) in [5, 5.41) is 3.18. The topological polar surface area (TPSA) is 29.1 Å². The van der Waals surface area contributed by atoms with Crippen molar-refractivity contribution < 1.29 is 4.79 Å². The van der Waals surface area contributed by atoms with Gasteiger partial charge in [0, 0.05) is 7.05 Å². The van der Waals surface area contributed by atoms with Crippen molar-refractivity contribution in [2.24, 2.45) is 0 Å². The Labute approximate surface area is 87.8 Å². The molecule has 0 spiro atoms. The van der Waals surface area contributed by atoms with Crippen molar-refractivity contribution in [3.63, 3.8) is 0 Å². The summed E-state index contributed by atoms with van der Waals surface area (Å²) in [6.45, 7) is 0. The van der Waals surface area contributed by atoms with Gasteiger partial charge >= 0.3 is 0 Å². The summed E-state index contributed by atoms with van der Waals surface area (Å²) in [4.78, 5) is 11.2. The van der Waals surface area contributed by atoms with E-state index in [1.165, 1.54) is 7.05 Å². The molecule has 0 saturated carbocycles. The van der Waals surface area contributed by atoms with Gasteiger partial charge in [-0.25, -0.2) is 0 Å². The molecule has 0 aliphatic rings. The zero-order valence-corrected chi connectivity index (χ0v) is 7.91. The van der Waals surface area contributed by atoms with Crippen LogP contribution in [0.2, 0.25) is 10.0 Å². The van der Waals surface area contributed by atoms with Gasteiger partial charge in [0.2, 0.25) is 0 Å². The predicted octanol–water partition coefficient (Wildman–Crippen LogP) is 2.99. The Kier molecular flexibility index (Phi) is 4.81. The summed E-state index contributed by atoms with van der Waals surface area (Å²) in [6.07, 6.45) is 0. The Morgan fingerprint density at radius 1 is 1.31 bits per heavy atom. The van der Waals surface area contributed by atoms with E-state index >= 15 is 0 Å². The molecule has 13 heavy (non-hydrogen) atoms. The summed E-state index contributed by atoms with van der Waals surface area (Å²) in [5.41, 5.74) is 0.323. The molecule has 1 rings (SSSR count). The fourth-order valence-electron chi connectivity index (χ4n) is 0.840. The first-order chi connectivity index (χ1) is 5.66. The van der Waals surface area contributed by atoms with Crippen LogP contribution in [0.3, 0.4) is 0 Å². The Bertz CT molecular complexity index is 292. The number of rotatable bonds is 1. The number of hydrogen-bond acceptors (Lipinski definition) is 1. The van der Waals surface area contributed by atoms with Crippen LogP contribution in [0.1, 0.15) is 17.8 Å². The molecule has 0 heterocycles. The molecule has 4 heteroatoms. The minimum absolute atomic E-state index is 0. The number of nitrogens with one attached hydrogen (secondary N) is 1. The molecule has 1 aromatic carbocycles. The summed E-state index contributed by atoms with van der Waals surface area (Å²) in [7, 11) is 1.53. The van der Waals surface area contributed by atoms with E-state index in [4.69, 9.17) is 23.2 Å². The van der Waals surface area contributed by atoms with Gasteiger partial charge in [-0.2, -0.15) is 0 Å². The first kappa shape index (κ1) is 12.3. The minimum Gasteiger partial charge on any atom is -0.355 e. The van der Waals surface area contributed by atoms with Crippen molar-refractivity contribution in [1.82, 2.24) is 5.32 Å². The van der Waals surface area contributed by atoms with Crippen LogP contribution < -0.4 is 5.32 Å². The summed E-state index contributed by atoms with van der Waals surface area (Å²) >= 11 is 11.5. The molecule has 0 aromatic heterocycles. The van der Waals surface area contributed by atoms with Crippen molar-refractivity contribution in [1.29, 1.82) is 0 Å². The zero-order chi connectivity index (χ0) is 9.14. The molecular weight excluding hydrogens is 209 g/mol. The van der Waals surface area contributed by atoms with Crippen molar-refractivity contribution in [2.75, 3.05) is 7.05 Å². The van der Waals surface area contributed by atoms with Gasteiger partial charge < -0.3 is 5.32 Å². The second-order valence-electron chi connectivity index (χ2n) is 2.18. The molecule has 72 valence electrons. The molecule has 0 atom stereocenters. The molecule has 0 aliphatic heterocycles. The third-order valence-corrected chi connectivity index (χ3v) is 2.05. The van der Waals surface area contributed by atoms with Gasteiger partial charge in [0.15, 0.2) is 0 Å². The molecule has 0 saturated heterocycles. The van der Waals surface area contributed by atoms with E-state index in [-0.39, 0.29) is 13.3 Å². The second-order valence-corrected chi connectivity index (χ2v) is 2.99. The largest absolute Gasteiger partial charge is 0.355 e. The maximum Gasteiger partial charge on any atom is 0.254 e. The summed E-state index contributed by atoms with van der Waals surface area (Å²) < 4.78 is 0. The highest BCUT2D eigenvalue weighted by atomic mass is 35.5. The molecule has 1 aromatic rings. The van der Waals surface area contributed by atoms with E-state index < -0.39 is 0 Å². The maximum atomic E-state index is 11.2. The monoisotopic (exact) mass is 219 g/mol. The van der Waals surface area contributed by atoms with Crippen LogP contribution in [-0.2, 0) is 0 Å². The number of carbonyl (C=O) groups is 1. The van der Waals surface area contributed by atoms with Gasteiger partial charge in [-0.15, -0.1) is 0 Å². The van der Waals surface area contributed by atoms with Gasteiger partial charge in [0.25, 0.3) is 5.91 Å². The van der Waals surface area contributed by atoms with Crippen LogP contribution in [0.4, 0.5) is 0 Å². The molecular formula is C9H11Cl2NO. The average Bonchev–Trinajstić information content (AvgIpc) is 2.03. The molecule has 1 N–H and O–H groups in total. The highest BCUT2D eigenvalue weighted by Crippen LogP contribution is 2.23.